The molecular weight excluding hydrogens is 368 g/mol. The molecule has 3 nitrogen and oxygen atoms in total. The molecule has 1 saturated carbocycles. The van der Waals surface area contributed by atoms with Gasteiger partial charge in [-0.25, -0.2) is 4.68 Å². The first-order chi connectivity index (χ1) is 15.2. The van der Waals surface area contributed by atoms with Crippen LogP contribution in [0.1, 0.15) is 36.6 Å². The minimum Gasteiger partial charge on any atom is -0.477 e. The Kier molecular flexibility index (Phi) is 3.62. The maximum absolute atomic E-state index is 9.15. The van der Waals surface area contributed by atoms with Gasteiger partial charge in [-0.1, -0.05) is 91.0 Å². The van der Waals surface area contributed by atoms with Crippen LogP contribution >= 0.6 is 0 Å². The molecule has 0 atom stereocenters. The fraction of sp³-hybridized carbons (Fsp3) is 0.222. The third-order valence-corrected chi connectivity index (χ3v) is 6.61. The SMILES string of the molecule is [2H]c1c(C(c2ccccc2)(c2ccccc2)c2ccccc2)nn2c1OCC1(CC1)C2. The van der Waals surface area contributed by atoms with Gasteiger partial charge in [0.2, 0.25) is 5.88 Å². The van der Waals surface area contributed by atoms with Crippen LogP contribution in [-0.4, -0.2) is 16.4 Å². The van der Waals surface area contributed by atoms with Gasteiger partial charge >= 0.3 is 0 Å². The fourth-order valence-corrected chi connectivity index (χ4v) is 4.78. The van der Waals surface area contributed by atoms with Crippen LogP contribution in [0.2, 0.25) is 0 Å². The van der Waals surface area contributed by atoms with Gasteiger partial charge in [0.15, 0.2) is 0 Å². The molecule has 1 fully saturated rings. The number of rotatable bonds is 4. The minimum atomic E-state index is -0.703. The lowest BCUT2D eigenvalue weighted by molar-refractivity contribution is 0.148. The van der Waals surface area contributed by atoms with Gasteiger partial charge in [0.1, 0.15) is 0 Å². The minimum absolute atomic E-state index is 0.220. The van der Waals surface area contributed by atoms with Crippen molar-refractivity contribution in [3.63, 3.8) is 0 Å². The molecule has 4 aromatic rings. The highest BCUT2D eigenvalue weighted by Gasteiger charge is 2.48. The van der Waals surface area contributed by atoms with E-state index >= 15 is 0 Å². The van der Waals surface area contributed by atoms with Crippen LogP contribution in [0.5, 0.6) is 5.88 Å². The molecule has 0 amide bonds. The number of hydrogen-bond acceptors (Lipinski definition) is 2. The van der Waals surface area contributed by atoms with Crippen LogP contribution in [0.4, 0.5) is 0 Å². The van der Waals surface area contributed by atoms with E-state index in [-0.39, 0.29) is 5.41 Å². The normalized spacial score (nSPS) is 17.1. The molecule has 1 aromatic heterocycles. The lowest BCUT2D eigenvalue weighted by Gasteiger charge is -2.34. The lowest BCUT2D eigenvalue weighted by Crippen LogP contribution is -2.32. The Balaban J connectivity index is 1.68. The Morgan fingerprint density at radius 3 is 1.77 bits per heavy atom. The number of aromatic nitrogens is 2. The smallest absolute Gasteiger partial charge is 0.212 e. The van der Waals surface area contributed by atoms with Gasteiger partial charge < -0.3 is 4.74 Å². The molecule has 6 rings (SSSR count). The molecule has 2 aliphatic rings. The molecule has 1 aliphatic heterocycles. The first kappa shape index (κ1) is 16.5. The number of fused-ring (bicyclic) bond motifs is 1. The molecule has 0 saturated heterocycles. The Morgan fingerprint density at radius 2 is 1.30 bits per heavy atom. The first-order valence-corrected chi connectivity index (χ1v) is 10.6. The van der Waals surface area contributed by atoms with Crippen LogP contribution in [-0.2, 0) is 12.0 Å². The summed E-state index contributed by atoms with van der Waals surface area (Å²) in [5, 5.41) is 5.09. The van der Waals surface area contributed by atoms with E-state index in [0.29, 0.717) is 18.5 Å². The van der Waals surface area contributed by atoms with Gasteiger partial charge in [-0.2, -0.15) is 5.10 Å². The summed E-state index contributed by atoms with van der Waals surface area (Å²) in [5.74, 6) is 0.597. The summed E-state index contributed by atoms with van der Waals surface area (Å²) in [6.07, 6.45) is 2.35. The first-order valence-electron chi connectivity index (χ1n) is 11.1. The summed E-state index contributed by atoms with van der Waals surface area (Å²) >= 11 is 0. The highest BCUT2D eigenvalue weighted by molar-refractivity contribution is 5.58. The molecule has 30 heavy (non-hydrogen) atoms. The summed E-state index contributed by atoms with van der Waals surface area (Å²) in [7, 11) is 0. The maximum atomic E-state index is 9.15. The van der Waals surface area contributed by atoms with Crippen LogP contribution in [0.25, 0.3) is 0 Å². The number of benzene rings is 3. The maximum Gasteiger partial charge on any atom is 0.212 e. The molecule has 0 N–H and O–H groups in total. The predicted octanol–water partition coefficient (Wildman–Crippen LogP) is 5.44. The largest absolute Gasteiger partial charge is 0.477 e. The van der Waals surface area contributed by atoms with Crippen LogP contribution in [0.15, 0.2) is 97.0 Å². The highest BCUT2D eigenvalue weighted by atomic mass is 16.5. The summed E-state index contributed by atoms with van der Waals surface area (Å²) in [4.78, 5) is 0. The average Bonchev–Trinajstić information content (AvgIpc) is 3.50. The molecule has 1 spiro atoms. The van der Waals surface area contributed by atoms with E-state index in [1.807, 2.05) is 22.9 Å². The van der Waals surface area contributed by atoms with E-state index in [4.69, 9.17) is 11.2 Å². The summed E-state index contributed by atoms with van der Waals surface area (Å²) in [5.41, 5.74) is 3.53. The van der Waals surface area contributed by atoms with Crippen LogP contribution in [0.3, 0.4) is 0 Å². The standard InChI is InChI=1S/C27H24N2O/c1-4-10-21(11-5-1)27(22-12-6-2-7-13-22,23-14-8-3-9-15-23)24-18-25-29(28-24)19-26(16-17-26)20-30-25/h1-15,18H,16-17,19-20H2/i18D. The molecule has 0 unspecified atom stereocenters. The van der Waals surface area contributed by atoms with E-state index < -0.39 is 5.41 Å². The predicted molar refractivity (Wildman–Crippen MR) is 118 cm³/mol. The number of nitrogens with zero attached hydrogens (tertiary/aromatic N) is 2. The summed E-state index contributed by atoms with van der Waals surface area (Å²) < 4.78 is 17.2. The molecular formula is C27H24N2O. The fourth-order valence-electron chi connectivity index (χ4n) is 4.78. The van der Waals surface area contributed by atoms with E-state index in [1.165, 1.54) is 12.8 Å². The molecule has 3 aromatic carbocycles. The second kappa shape index (κ2) is 6.60. The number of ether oxygens (including phenoxy) is 1. The van der Waals surface area contributed by atoms with Crippen LogP contribution in [0, 0.1) is 5.41 Å². The Morgan fingerprint density at radius 1 is 0.800 bits per heavy atom. The quantitative estimate of drug-likeness (QED) is 0.432. The number of hydrogen-bond donors (Lipinski definition) is 0. The van der Waals surface area contributed by atoms with Gasteiger partial charge in [-0.15, -0.1) is 0 Å². The molecule has 148 valence electrons. The van der Waals surface area contributed by atoms with Crippen molar-refractivity contribution in [2.24, 2.45) is 5.41 Å². The molecule has 0 bridgehead atoms. The third kappa shape index (κ3) is 2.62. The molecule has 0 radical (unpaired) electrons. The third-order valence-electron chi connectivity index (χ3n) is 6.61. The van der Waals surface area contributed by atoms with E-state index in [2.05, 4.69) is 72.8 Å². The zero-order valence-corrected chi connectivity index (χ0v) is 16.8. The zero-order valence-electron chi connectivity index (χ0n) is 17.8. The lowest BCUT2D eigenvalue weighted by atomic mass is 9.67. The Bertz CT molecular complexity index is 1120. The summed E-state index contributed by atoms with van der Waals surface area (Å²) in [6.45, 7) is 1.53. The Labute approximate surface area is 178 Å². The van der Waals surface area contributed by atoms with Gasteiger partial charge in [-0.3, -0.25) is 0 Å². The van der Waals surface area contributed by atoms with Crippen molar-refractivity contribution in [2.45, 2.75) is 24.8 Å². The van der Waals surface area contributed by atoms with E-state index in [0.717, 1.165) is 28.9 Å². The topological polar surface area (TPSA) is 27.1 Å². The van der Waals surface area contributed by atoms with E-state index in [9.17, 15) is 0 Å². The van der Waals surface area contributed by atoms with Crippen molar-refractivity contribution in [3.8, 4) is 5.88 Å². The highest BCUT2D eigenvalue weighted by Crippen LogP contribution is 2.51. The molecule has 2 heterocycles. The van der Waals surface area contributed by atoms with Crippen molar-refractivity contribution in [1.29, 1.82) is 0 Å². The van der Waals surface area contributed by atoms with Gasteiger partial charge in [-0.05, 0) is 29.5 Å². The second-order valence-corrected chi connectivity index (χ2v) is 8.57. The van der Waals surface area contributed by atoms with Crippen molar-refractivity contribution in [3.05, 3.63) is 119 Å². The zero-order chi connectivity index (χ0) is 20.9. The Hall–Kier alpha value is -3.33. The molecule has 1 aliphatic carbocycles. The monoisotopic (exact) mass is 393 g/mol. The average molecular weight is 394 g/mol. The van der Waals surface area contributed by atoms with Crippen molar-refractivity contribution >= 4 is 0 Å². The van der Waals surface area contributed by atoms with Crippen molar-refractivity contribution in [1.82, 2.24) is 9.78 Å². The van der Waals surface area contributed by atoms with E-state index in [1.54, 1.807) is 0 Å². The van der Waals surface area contributed by atoms with Crippen molar-refractivity contribution in [2.75, 3.05) is 6.61 Å². The van der Waals surface area contributed by atoms with Crippen LogP contribution < -0.4 is 4.74 Å². The molecule has 3 heteroatoms. The van der Waals surface area contributed by atoms with Gasteiger partial charge in [0.25, 0.3) is 0 Å². The summed E-state index contributed by atoms with van der Waals surface area (Å²) in [6, 6.07) is 31.7. The van der Waals surface area contributed by atoms with Gasteiger partial charge in [0, 0.05) is 11.5 Å². The van der Waals surface area contributed by atoms with Gasteiger partial charge in [0.05, 0.1) is 25.6 Å². The van der Waals surface area contributed by atoms with Crippen molar-refractivity contribution < 1.29 is 6.11 Å². The second-order valence-electron chi connectivity index (χ2n) is 8.57.